The number of hydrogen-bond donors (Lipinski definition) is 2. The molecule has 0 aromatic heterocycles. The molecule has 1 saturated heterocycles. The van der Waals surface area contributed by atoms with Crippen molar-refractivity contribution in [3.8, 4) is 0 Å². The zero-order chi connectivity index (χ0) is 15.5. The van der Waals surface area contributed by atoms with Gasteiger partial charge in [-0.3, -0.25) is 4.79 Å². The Balaban J connectivity index is 2.18. The third-order valence-corrected chi connectivity index (χ3v) is 5.68. The predicted octanol–water partition coefficient (Wildman–Crippen LogP) is 0.569. The Morgan fingerprint density at radius 1 is 1.33 bits per heavy atom. The largest absolute Gasteiger partial charge is 0.396 e. The van der Waals surface area contributed by atoms with E-state index in [0.29, 0.717) is 19.5 Å². The SMILES string of the molecule is NC(=O)c1ccc(S(=O)(=O)N2CCCC(CCO)C2)cc1. The Labute approximate surface area is 124 Å². The maximum atomic E-state index is 12.6. The molecule has 21 heavy (non-hydrogen) atoms. The van der Waals surface area contributed by atoms with Crippen LogP contribution in [0.2, 0.25) is 0 Å². The summed E-state index contributed by atoms with van der Waals surface area (Å²) in [6, 6.07) is 5.66. The lowest BCUT2D eigenvalue weighted by Gasteiger charge is -2.31. The van der Waals surface area contributed by atoms with Gasteiger partial charge in [0.25, 0.3) is 0 Å². The van der Waals surface area contributed by atoms with Crippen molar-refractivity contribution in [3.05, 3.63) is 29.8 Å². The van der Waals surface area contributed by atoms with E-state index in [1.807, 2.05) is 0 Å². The molecule has 0 spiro atoms. The van der Waals surface area contributed by atoms with Crippen molar-refractivity contribution < 1.29 is 18.3 Å². The van der Waals surface area contributed by atoms with Crippen LogP contribution in [0.1, 0.15) is 29.6 Å². The number of carbonyl (C=O) groups excluding carboxylic acids is 1. The van der Waals surface area contributed by atoms with Crippen molar-refractivity contribution in [3.63, 3.8) is 0 Å². The summed E-state index contributed by atoms with van der Waals surface area (Å²) in [5.41, 5.74) is 5.43. The zero-order valence-corrected chi connectivity index (χ0v) is 12.6. The van der Waals surface area contributed by atoms with Gasteiger partial charge in [0.1, 0.15) is 0 Å². The first-order valence-corrected chi connectivity index (χ1v) is 8.40. The van der Waals surface area contributed by atoms with Crippen LogP contribution in [0.4, 0.5) is 0 Å². The summed E-state index contributed by atoms with van der Waals surface area (Å²) in [4.78, 5) is 11.2. The third-order valence-electron chi connectivity index (χ3n) is 3.80. The highest BCUT2D eigenvalue weighted by molar-refractivity contribution is 7.89. The number of hydrogen-bond acceptors (Lipinski definition) is 4. The molecule has 1 heterocycles. The van der Waals surface area contributed by atoms with Gasteiger partial charge >= 0.3 is 0 Å². The van der Waals surface area contributed by atoms with E-state index in [0.717, 1.165) is 12.8 Å². The molecule has 1 unspecified atom stereocenters. The monoisotopic (exact) mass is 312 g/mol. The summed E-state index contributed by atoms with van der Waals surface area (Å²) in [7, 11) is -3.56. The number of piperidine rings is 1. The van der Waals surface area contributed by atoms with E-state index >= 15 is 0 Å². The average Bonchev–Trinajstić information content (AvgIpc) is 2.48. The maximum Gasteiger partial charge on any atom is 0.248 e. The molecule has 0 radical (unpaired) electrons. The Morgan fingerprint density at radius 3 is 2.57 bits per heavy atom. The normalized spacial score (nSPS) is 20.3. The van der Waals surface area contributed by atoms with Crippen LogP contribution in [0.3, 0.4) is 0 Å². The standard InChI is InChI=1S/C14H20N2O4S/c15-14(18)12-3-5-13(6-4-12)21(19,20)16-8-1-2-11(10-16)7-9-17/h3-6,11,17H,1-2,7-10H2,(H2,15,18). The van der Waals surface area contributed by atoms with Gasteiger partial charge in [-0.2, -0.15) is 4.31 Å². The second kappa shape index (κ2) is 6.55. The van der Waals surface area contributed by atoms with Gasteiger partial charge in [0, 0.05) is 25.3 Å². The highest BCUT2D eigenvalue weighted by Gasteiger charge is 2.29. The fourth-order valence-electron chi connectivity index (χ4n) is 2.60. The van der Waals surface area contributed by atoms with Crippen LogP contribution in [0, 0.1) is 5.92 Å². The molecule has 3 N–H and O–H groups in total. The van der Waals surface area contributed by atoms with E-state index in [2.05, 4.69) is 0 Å². The number of rotatable bonds is 5. The van der Waals surface area contributed by atoms with Gasteiger partial charge in [-0.15, -0.1) is 0 Å². The van der Waals surface area contributed by atoms with E-state index < -0.39 is 15.9 Å². The van der Waals surface area contributed by atoms with Crippen LogP contribution in [-0.4, -0.2) is 43.4 Å². The van der Waals surface area contributed by atoms with Crippen molar-refractivity contribution in [1.29, 1.82) is 0 Å². The minimum atomic E-state index is -3.56. The lowest BCUT2D eigenvalue weighted by Crippen LogP contribution is -2.40. The molecule has 1 aliphatic rings. The summed E-state index contributed by atoms with van der Waals surface area (Å²) < 4.78 is 26.6. The fourth-order valence-corrected chi connectivity index (χ4v) is 4.16. The molecule has 116 valence electrons. The molecule has 0 aliphatic carbocycles. The summed E-state index contributed by atoms with van der Waals surface area (Å²) in [5.74, 6) is -0.386. The predicted molar refractivity (Wildman–Crippen MR) is 78.1 cm³/mol. The van der Waals surface area contributed by atoms with Gasteiger partial charge in [0.15, 0.2) is 0 Å². The van der Waals surface area contributed by atoms with Crippen LogP contribution in [-0.2, 0) is 10.0 Å². The first kappa shape index (κ1) is 15.9. The van der Waals surface area contributed by atoms with Crippen molar-refractivity contribution in [2.24, 2.45) is 11.7 Å². The lowest BCUT2D eigenvalue weighted by molar-refractivity contribution is 0.1000. The molecule has 2 rings (SSSR count). The Hall–Kier alpha value is -1.44. The van der Waals surface area contributed by atoms with Crippen molar-refractivity contribution in [2.45, 2.75) is 24.2 Å². The Bertz CT molecular complexity index is 596. The summed E-state index contributed by atoms with van der Waals surface area (Å²) in [6.45, 7) is 0.994. The zero-order valence-electron chi connectivity index (χ0n) is 11.7. The topological polar surface area (TPSA) is 101 Å². The highest BCUT2D eigenvalue weighted by atomic mass is 32.2. The number of nitrogens with two attached hydrogens (primary N) is 1. The number of aliphatic hydroxyl groups excluding tert-OH is 1. The van der Waals surface area contributed by atoms with Crippen molar-refractivity contribution in [1.82, 2.24) is 4.31 Å². The third kappa shape index (κ3) is 3.61. The van der Waals surface area contributed by atoms with Gasteiger partial charge < -0.3 is 10.8 Å². The number of sulfonamides is 1. The fraction of sp³-hybridized carbons (Fsp3) is 0.500. The molecule has 1 amide bonds. The molecule has 1 aromatic carbocycles. The molecule has 1 aromatic rings. The molecule has 1 aliphatic heterocycles. The summed E-state index contributed by atoms with van der Waals surface area (Å²) in [5, 5.41) is 9.00. The lowest BCUT2D eigenvalue weighted by atomic mass is 9.97. The number of nitrogens with zero attached hydrogens (tertiary/aromatic N) is 1. The van der Waals surface area contributed by atoms with Crippen molar-refractivity contribution >= 4 is 15.9 Å². The molecule has 7 heteroatoms. The second-order valence-electron chi connectivity index (χ2n) is 5.27. The van der Waals surface area contributed by atoms with Gasteiger partial charge in [-0.1, -0.05) is 0 Å². The average molecular weight is 312 g/mol. The van der Waals surface area contributed by atoms with Crippen LogP contribution in [0.25, 0.3) is 0 Å². The number of amides is 1. The summed E-state index contributed by atoms with van der Waals surface area (Å²) >= 11 is 0. The minimum absolute atomic E-state index is 0.0753. The molecule has 0 bridgehead atoms. The number of aliphatic hydroxyl groups is 1. The minimum Gasteiger partial charge on any atom is -0.396 e. The van der Waals surface area contributed by atoms with E-state index in [1.165, 1.54) is 28.6 Å². The maximum absolute atomic E-state index is 12.6. The number of carbonyl (C=O) groups is 1. The molecular formula is C14H20N2O4S. The van der Waals surface area contributed by atoms with E-state index in [9.17, 15) is 13.2 Å². The Kier molecular flexibility index (Phi) is 4.97. The molecule has 1 atom stereocenters. The first-order chi connectivity index (χ1) is 9.95. The van der Waals surface area contributed by atoms with Gasteiger partial charge in [0.05, 0.1) is 4.90 Å². The van der Waals surface area contributed by atoms with E-state index in [-0.39, 0.29) is 23.0 Å². The number of benzene rings is 1. The smallest absolute Gasteiger partial charge is 0.248 e. The van der Waals surface area contributed by atoms with Gasteiger partial charge in [-0.25, -0.2) is 8.42 Å². The second-order valence-corrected chi connectivity index (χ2v) is 7.21. The molecule has 6 nitrogen and oxygen atoms in total. The van der Waals surface area contributed by atoms with E-state index in [1.54, 1.807) is 0 Å². The molecule has 0 saturated carbocycles. The highest BCUT2D eigenvalue weighted by Crippen LogP contribution is 2.25. The summed E-state index contributed by atoms with van der Waals surface area (Å²) in [6.07, 6.45) is 2.35. The van der Waals surface area contributed by atoms with Crippen molar-refractivity contribution in [2.75, 3.05) is 19.7 Å². The van der Waals surface area contributed by atoms with Crippen LogP contribution in [0.5, 0.6) is 0 Å². The van der Waals surface area contributed by atoms with Crippen LogP contribution >= 0.6 is 0 Å². The quantitative estimate of drug-likeness (QED) is 0.830. The first-order valence-electron chi connectivity index (χ1n) is 6.96. The van der Waals surface area contributed by atoms with Gasteiger partial charge in [-0.05, 0) is 49.4 Å². The number of primary amides is 1. The van der Waals surface area contributed by atoms with Gasteiger partial charge in [0.2, 0.25) is 15.9 Å². The Morgan fingerprint density at radius 2 is 2.00 bits per heavy atom. The van der Waals surface area contributed by atoms with E-state index in [4.69, 9.17) is 10.8 Å². The molecule has 1 fully saturated rings. The molecular weight excluding hydrogens is 292 g/mol. The van der Waals surface area contributed by atoms with Crippen LogP contribution in [0.15, 0.2) is 29.2 Å². The van der Waals surface area contributed by atoms with Crippen LogP contribution < -0.4 is 5.73 Å².